The van der Waals surface area contributed by atoms with Crippen LogP contribution in [0.3, 0.4) is 0 Å². The maximum absolute atomic E-state index is 12.3. The number of rotatable bonds is 9. The van der Waals surface area contributed by atoms with Crippen molar-refractivity contribution in [3.63, 3.8) is 0 Å². The quantitative estimate of drug-likeness (QED) is 0.386. The van der Waals surface area contributed by atoms with Crippen molar-refractivity contribution in [3.8, 4) is 12.1 Å². The van der Waals surface area contributed by atoms with Crippen molar-refractivity contribution in [2.24, 2.45) is 0 Å². The molecular weight excluding hydrogens is 480 g/mol. The van der Waals surface area contributed by atoms with Gasteiger partial charge in [-0.2, -0.15) is 10.5 Å². The smallest absolute Gasteiger partial charge is 0.348 e. The highest BCUT2D eigenvalue weighted by atomic mass is 32.1. The van der Waals surface area contributed by atoms with Crippen molar-refractivity contribution in [2.75, 3.05) is 24.9 Å². The highest BCUT2D eigenvalue weighted by Gasteiger charge is 2.23. The van der Waals surface area contributed by atoms with Gasteiger partial charge in [0.15, 0.2) is 0 Å². The molecule has 0 aliphatic carbocycles. The topological polar surface area (TPSA) is 158 Å². The third-order valence-corrected chi connectivity index (χ3v) is 7.20. The lowest BCUT2D eigenvalue weighted by Gasteiger charge is -2.05. The Balaban J connectivity index is 1.89. The first-order valence-corrected chi connectivity index (χ1v) is 11.6. The van der Waals surface area contributed by atoms with Gasteiger partial charge in [0.1, 0.15) is 31.9 Å². The molecule has 2 rings (SSSR count). The van der Waals surface area contributed by atoms with Gasteiger partial charge in [-0.3, -0.25) is 9.59 Å². The summed E-state index contributed by atoms with van der Waals surface area (Å²) < 4.78 is 9.38. The molecule has 2 amide bonds. The van der Waals surface area contributed by atoms with E-state index < -0.39 is 11.9 Å². The van der Waals surface area contributed by atoms with Gasteiger partial charge in [-0.15, -0.1) is 22.7 Å². The summed E-state index contributed by atoms with van der Waals surface area (Å²) >= 11 is 1.95. The molecule has 0 atom stereocenters. The second-order valence-corrected chi connectivity index (χ2v) is 9.07. The summed E-state index contributed by atoms with van der Waals surface area (Å²) in [6.45, 7) is 3.22. The maximum Gasteiger partial charge on any atom is 0.348 e. The van der Waals surface area contributed by atoms with Gasteiger partial charge in [0.25, 0.3) is 0 Å². The minimum Gasteiger partial charge on any atom is -0.465 e. The van der Waals surface area contributed by atoms with Crippen LogP contribution in [0.4, 0.5) is 10.0 Å². The summed E-state index contributed by atoms with van der Waals surface area (Å²) in [5.74, 6) is -1.86. The van der Waals surface area contributed by atoms with Gasteiger partial charge in [-0.25, -0.2) is 9.59 Å². The molecule has 0 bridgehead atoms. The van der Waals surface area contributed by atoms with Gasteiger partial charge in [-0.1, -0.05) is 0 Å². The number of methoxy groups -OCH3 is 2. The van der Waals surface area contributed by atoms with Crippen molar-refractivity contribution in [3.05, 3.63) is 32.0 Å². The number of anilines is 2. The first-order valence-electron chi connectivity index (χ1n) is 10.0. The van der Waals surface area contributed by atoms with Crippen LogP contribution in [-0.4, -0.2) is 38.0 Å². The molecule has 2 aromatic rings. The Morgan fingerprint density at radius 1 is 0.765 bits per heavy atom. The highest BCUT2D eigenvalue weighted by molar-refractivity contribution is 7.19. The number of hydrogen-bond donors (Lipinski definition) is 2. The van der Waals surface area contributed by atoms with E-state index in [0.29, 0.717) is 24.0 Å². The van der Waals surface area contributed by atoms with E-state index in [2.05, 4.69) is 10.6 Å². The molecule has 0 unspecified atom stereocenters. The van der Waals surface area contributed by atoms with Crippen LogP contribution in [0.15, 0.2) is 0 Å². The molecule has 0 spiro atoms. The fourth-order valence-corrected chi connectivity index (χ4v) is 5.18. The number of nitriles is 2. The van der Waals surface area contributed by atoms with Crippen LogP contribution in [-0.2, 0) is 19.1 Å². The van der Waals surface area contributed by atoms with Crippen LogP contribution in [0.25, 0.3) is 0 Å². The lowest BCUT2D eigenvalue weighted by molar-refractivity contribution is -0.118. The minimum atomic E-state index is -0.579. The fraction of sp³-hybridized carbons (Fsp3) is 0.364. The predicted octanol–water partition coefficient (Wildman–Crippen LogP) is 3.88. The minimum absolute atomic E-state index is 0.108. The summed E-state index contributed by atoms with van der Waals surface area (Å²) in [5.41, 5.74) is 1.32. The van der Waals surface area contributed by atoms with Gasteiger partial charge in [0.2, 0.25) is 11.8 Å². The molecule has 178 valence electrons. The Morgan fingerprint density at radius 2 is 1.12 bits per heavy atom. The van der Waals surface area contributed by atoms with Crippen LogP contribution in [0.5, 0.6) is 0 Å². The van der Waals surface area contributed by atoms with Gasteiger partial charge in [0.05, 0.1) is 25.3 Å². The maximum atomic E-state index is 12.3. The number of hydrogen-bond acceptors (Lipinski definition) is 10. The number of ether oxygens (including phenoxy) is 2. The van der Waals surface area contributed by atoms with Crippen molar-refractivity contribution in [1.29, 1.82) is 10.5 Å². The molecule has 0 fully saturated rings. The second kappa shape index (κ2) is 11.9. The number of nitrogens with one attached hydrogen (secondary N) is 2. The zero-order valence-electron chi connectivity index (χ0n) is 19.0. The molecule has 2 N–H and O–H groups in total. The van der Waals surface area contributed by atoms with E-state index in [4.69, 9.17) is 9.47 Å². The van der Waals surface area contributed by atoms with E-state index >= 15 is 0 Å². The Labute approximate surface area is 204 Å². The number of esters is 2. The number of thiophene rings is 2. The average molecular weight is 503 g/mol. The Hall–Kier alpha value is -3.74. The normalized spacial score (nSPS) is 10.1. The molecule has 0 saturated heterocycles. The van der Waals surface area contributed by atoms with E-state index in [0.717, 1.165) is 22.7 Å². The number of carbonyl (C=O) groups excluding carboxylic acids is 4. The van der Waals surface area contributed by atoms with E-state index in [-0.39, 0.29) is 55.5 Å². The van der Waals surface area contributed by atoms with Crippen LogP contribution in [0, 0.1) is 36.5 Å². The van der Waals surface area contributed by atoms with Gasteiger partial charge >= 0.3 is 11.9 Å². The van der Waals surface area contributed by atoms with Crippen LogP contribution >= 0.6 is 22.7 Å². The monoisotopic (exact) mass is 502 g/mol. The van der Waals surface area contributed by atoms with Crippen molar-refractivity contribution in [2.45, 2.75) is 39.5 Å². The number of nitrogens with zero attached hydrogens (tertiary/aromatic N) is 2. The molecule has 10 nitrogen and oxygen atoms in total. The van der Waals surface area contributed by atoms with E-state index in [1.807, 2.05) is 12.1 Å². The van der Waals surface area contributed by atoms with Gasteiger partial charge in [0, 0.05) is 12.8 Å². The summed E-state index contributed by atoms with van der Waals surface area (Å²) in [7, 11) is 2.47. The standard InChI is InChI=1S/C22H22N4O6S2/c1-11-13(9-23)19(33-17(11)21(29)31-3)25-15(27)7-5-6-8-16(28)26-20-14(10-24)12(2)18(34-20)22(30)32-4/h5-8H2,1-4H3,(H,25,27)(H,26,28). The predicted molar refractivity (Wildman–Crippen MR) is 126 cm³/mol. The Morgan fingerprint density at radius 3 is 1.41 bits per heavy atom. The summed E-state index contributed by atoms with van der Waals surface area (Å²) in [6.07, 6.45) is 1.02. The highest BCUT2D eigenvalue weighted by Crippen LogP contribution is 2.34. The van der Waals surface area contributed by atoms with Crippen molar-refractivity contribution < 1.29 is 28.7 Å². The summed E-state index contributed by atoms with van der Waals surface area (Å²) in [4.78, 5) is 48.7. The SMILES string of the molecule is COC(=O)c1sc(NC(=O)CCCCC(=O)Nc2sc(C(=O)OC)c(C)c2C#N)c(C#N)c1C. The molecule has 12 heteroatoms. The molecular formula is C22H22N4O6S2. The van der Waals surface area contributed by atoms with E-state index in [1.165, 1.54) is 14.2 Å². The third kappa shape index (κ3) is 5.98. The summed E-state index contributed by atoms with van der Waals surface area (Å²) in [5, 5.41) is 24.5. The Bertz CT molecular complexity index is 1120. The fourth-order valence-electron chi connectivity index (χ4n) is 3.00. The molecule has 2 aromatic heterocycles. The molecule has 0 aliphatic rings. The first kappa shape index (κ1) is 26.5. The molecule has 34 heavy (non-hydrogen) atoms. The lowest BCUT2D eigenvalue weighted by Crippen LogP contribution is -2.13. The number of carbonyl (C=O) groups is 4. The third-order valence-electron chi connectivity index (χ3n) is 4.82. The lowest BCUT2D eigenvalue weighted by atomic mass is 10.1. The zero-order chi connectivity index (χ0) is 25.4. The Kier molecular flexibility index (Phi) is 9.30. The van der Waals surface area contributed by atoms with Gasteiger partial charge < -0.3 is 20.1 Å². The van der Waals surface area contributed by atoms with Crippen LogP contribution < -0.4 is 10.6 Å². The molecule has 0 aliphatic heterocycles. The first-order chi connectivity index (χ1) is 16.2. The molecule has 0 radical (unpaired) electrons. The van der Waals surface area contributed by atoms with Crippen molar-refractivity contribution in [1.82, 2.24) is 0 Å². The zero-order valence-corrected chi connectivity index (χ0v) is 20.6. The molecule has 0 aromatic carbocycles. The van der Waals surface area contributed by atoms with Crippen LogP contribution in [0.2, 0.25) is 0 Å². The molecule has 0 saturated carbocycles. The van der Waals surface area contributed by atoms with Crippen LogP contribution in [0.1, 0.15) is 67.3 Å². The van der Waals surface area contributed by atoms with E-state index in [9.17, 15) is 29.7 Å². The van der Waals surface area contributed by atoms with Crippen molar-refractivity contribution >= 4 is 56.4 Å². The largest absolute Gasteiger partial charge is 0.465 e. The number of amides is 2. The summed E-state index contributed by atoms with van der Waals surface area (Å²) in [6, 6.07) is 3.97. The van der Waals surface area contributed by atoms with E-state index in [1.54, 1.807) is 13.8 Å². The average Bonchev–Trinajstić information content (AvgIpc) is 3.30. The second-order valence-electron chi connectivity index (χ2n) is 7.03. The number of unbranched alkanes of at least 4 members (excludes halogenated alkanes) is 1. The molecule has 2 heterocycles. The van der Waals surface area contributed by atoms with Gasteiger partial charge in [-0.05, 0) is 37.8 Å².